The van der Waals surface area contributed by atoms with Gasteiger partial charge in [0, 0.05) is 24.9 Å². The summed E-state index contributed by atoms with van der Waals surface area (Å²) in [7, 11) is 0. The highest BCUT2D eigenvalue weighted by atomic mass is 35.5. The van der Waals surface area contributed by atoms with Gasteiger partial charge < -0.3 is 4.57 Å². The third-order valence-electron chi connectivity index (χ3n) is 3.15. The van der Waals surface area contributed by atoms with Crippen LogP contribution in [0.25, 0.3) is 11.0 Å². The van der Waals surface area contributed by atoms with E-state index < -0.39 is 11.6 Å². The largest absolute Gasteiger partial charge is 0.328 e. The third-order valence-corrected chi connectivity index (χ3v) is 3.34. The normalized spacial score (nSPS) is 11.4. The van der Waals surface area contributed by atoms with Gasteiger partial charge in [-0.3, -0.25) is 0 Å². The van der Waals surface area contributed by atoms with Crippen LogP contribution in [0.1, 0.15) is 32.0 Å². The van der Waals surface area contributed by atoms with Crippen molar-refractivity contribution < 1.29 is 8.78 Å². The Kier molecular flexibility index (Phi) is 4.75. The van der Waals surface area contributed by atoms with Crippen LogP contribution in [0.2, 0.25) is 0 Å². The van der Waals surface area contributed by atoms with Gasteiger partial charge >= 0.3 is 0 Å². The molecule has 0 amide bonds. The molecule has 0 unspecified atom stereocenters. The molecule has 0 spiro atoms. The number of hydrogen-bond acceptors (Lipinski definition) is 1. The number of benzene rings is 1. The van der Waals surface area contributed by atoms with Crippen molar-refractivity contribution in [3.05, 3.63) is 29.6 Å². The number of imidazole rings is 1. The molecule has 1 aromatic carbocycles. The standard InChI is InChI=1S/C14H17ClF2N2/c1-2-3-4-7-19-12-9-10(16)8-11(17)14(12)18-13(19)5-6-15/h8-9H,2-7H2,1H3. The molecule has 19 heavy (non-hydrogen) atoms. The topological polar surface area (TPSA) is 17.8 Å². The van der Waals surface area contributed by atoms with E-state index in [1.54, 1.807) is 0 Å². The van der Waals surface area contributed by atoms with E-state index in [1.165, 1.54) is 6.07 Å². The minimum absolute atomic E-state index is 0.234. The van der Waals surface area contributed by atoms with E-state index >= 15 is 0 Å². The van der Waals surface area contributed by atoms with Crippen molar-refractivity contribution in [2.75, 3.05) is 5.88 Å². The molecule has 0 aliphatic carbocycles. The van der Waals surface area contributed by atoms with E-state index in [9.17, 15) is 8.78 Å². The van der Waals surface area contributed by atoms with E-state index in [2.05, 4.69) is 11.9 Å². The first-order chi connectivity index (χ1) is 9.17. The number of fused-ring (bicyclic) bond motifs is 1. The molecule has 2 rings (SSSR count). The van der Waals surface area contributed by atoms with Crippen molar-refractivity contribution in [3.63, 3.8) is 0 Å². The number of aryl methyl sites for hydroxylation is 2. The first kappa shape index (κ1) is 14.3. The number of unbranched alkanes of at least 4 members (excludes halogenated alkanes) is 2. The summed E-state index contributed by atoms with van der Waals surface area (Å²) in [6, 6.07) is 2.21. The molecule has 2 nitrogen and oxygen atoms in total. The fourth-order valence-corrected chi connectivity index (χ4v) is 2.41. The number of aromatic nitrogens is 2. The fraction of sp³-hybridized carbons (Fsp3) is 0.500. The predicted molar refractivity (Wildman–Crippen MR) is 73.6 cm³/mol. The Labute approximate surface area is 116 Å². The van der Waals surface area contributed by atoms with Crippen molar-refractivity contribution in [1.29, 1.82) is 0 Å². The average molecular weight is 287 g/mol. The molecule has 0 aliphatic rings. The Hall–Kier alpha value is -1.16. The summed E-state index contributed by atoms with van der Waals surface area (Å²) in [4.78, 5) is 4.26. The molecule has 1 heterocycles. The Bertz CT molecular complexity index is 566. The first-order valence-corrected chi connectivity index (χ1v) is 7.11. The Morgan fingerprint density at radius 3 is 2.74 bits per heavy atom. The monoisotopic (exact) mass is 286 g/mol. The molecular weight excluding hydrogens is 270 g/mol. The van der Waals surface area contributed by atoms with Crippen LogP contribution >= 0.6 is 11.6 Å². The minimum Gasteiger partial charge on any atom is -0.328 e. The molecule has 0 fully saturated rings. The van der Waals surface area contributed by atoms with Crippen LogP contribution in [0.5, 0.6) is 0 Å². The highest BCUT2D eigenvalue weighted by molar-refractivity contribution is 6.17. The Morgan fingerprint density at radius 1 is 1.26 bits per heavy atom. The van der Waals surface area contributed by atoms with Gasteiger partial charge in [0.1, 0.15) is 17.2 Å². The van der Waals surface area contributed by atoms with Crippen LogP contribution in [-0.4, -0.2) is 15.4 Å². The summed E-state index contributed by atoms with van der Waals surface area (Å²) in [5.41, 5.74) is 0.756. The van der Waals surface area contributed by atoms with Crippen molar-refractivity contribution in [1.82, 2.24) is 9.55 Å². The lowest BCUT2D eigenvalue weighted by Crippen LogP contribution is -2.05. The Morgan fingerprint density at radius 2 is 2.05 bits per heavy atom. The second-order valence-corrected chi connectivity index (χ2v) is 4.96. The quantitative estimate of drug-likeness (QED) is 0.572. The lowest BCUT2D eigenvalue weighted by Gasteiger charge is -2.08. The number of nitrogens with zero attached hydrogens (tertiary/aromatic N) is 2. The van der Waals surface area contributed by atoms with Crippen LogP contribution in [-0.2, 0) is 13.0 Å². The number of halogens is 3. The molecule has 5 heteroatoms. The summed E-state index contributed by atoms with van der Waals surface area (Å²) in [6.45, 7) is 2.84. The minimum atomic E-state index is -0.611. The predicted octanol–water partition coefficient (Wildman–Crippen LogP) is 4.29. The molecule has 1 aromatic heterocycles. The van der Waals surface area contributed by atoms with Gasteiger partial charge in [0.2, 0.25) is 0 Å². The van der Waals surface area contributed by atoms with Gasteiger partial charge in [-0.2, -0.15) is 0 Å². The molecule has 0 radical (unpaired) electrons. The maximum absolute atomic E-state index is 13.7. The van der Waals surface area contributed by atoms with Gasteiger partial charge in [0.25, 0.3) is 0 Å². The fourth-order valence-electron chi connectivity index (χ4n) is 2.24. The molecule has 0 atom stereocenters. The lowest BCUT2D eigenvalue weighted by molar-refractivity contribution is 0.583. The zero-order valence-electron chi connectivity index (χ0n) is 10.9. The second-order valence-electron chi connectivity index (χ2n) is 4.58. The van der Waals surface area contributed by atoms with Crippen molar-refractivity contribution in [3.8, 4) is 0 Å². The van der Waals surface area contributed by atoms with Gasteiger partial charge in [0.05, 0.1) is 5.52 Å². The lowest BCUT2D eigenvalue weighted by atomic mass is 10.2. The maximum Gasteiger partial charge on any atom is 0.153 e. The zero-order chi connectivity index (χ0) is 13.8. The van der Waals surface area contributed by atoms with E-state index in [4.69, 9.17) is 11.6 Å². The Balaban J connectivity index is 2.46. The van der Waals surface area contributed by atoms with Crippen LogP contribution in [0, 0.1) is 11.6 Å². The van der Waals surface area contributed by atoms with Gasteiger partial charge in [0.15, 0.2) is 5.82 Å². The number of rotatable bonds is 6. The average Bonchev–Trinajstić information content (AvgIpc) is 2.69. The summed E-state index contributed by atoms with van der Waals surface area (Å²) in [5, 5.41) is 0. The zero-order valence-corrected chi connectivity index (χ0v) is 11.7. The first-order valence-electron chi connectivity index (χ1n) is 6.57. The number of alkyl halides is 1. The molecule has 0 N–H and O–H groups in total. The van der Waals surface area contributed by atoms with E-state index in [0.717, 1.165) is 37.7 Å². The van der Waals surface area contributed by atoms with Gasteiger partial charge in [-0.05, 0) is 12.5 Å². The second kappa shape index (κ2) is 6.33. The van der Waals surface area contributed by atoms with Crippen molar-refractivity contribution >= 4 is 22.6 Å². The van der Waals surface area contributed by atoms with Gasteiger partial charge in [-0.15, -0.1) is 11.6 Å². The van der Waals surface area contributed by atoms with Crippen LogP contribution in [0.3, 0.4) is 0 Å². The van der Waals surface area contributed by atoms with Crippen LogP contribution < -0.4 is 0 Å². The van der Waals surface area contributed by atoms with E-state index in [-0.39, 0.29) is 5.52 Å². The van der Waals surface area contributed by atoms with E-state index in [0.29, 0.717) is 17.8 Å². The molecule has 0 aliphatic heterocycles. The summed E-state index contributed by atoms with van der Waals surface area (Å²) >= 11 is 5.75. The smallest absolute Gasteiger partial charge is 0.153 e. The third kappa shape index (κ3) is 3.06. The molecule has 2 aromatic rings. The summed E-state index contributed by atoms with van der Waals surface area (Å²) in [6.07, 6.45) is 3.71. The maximum atomic E-state index is 13.7. The van der Waals surface area contributed by atoms with Crippen molar-refractivity contribution in [2.45, 2.75) is 39.2 Å². The molecule has 104 valence electrons. The molecule has 0 saturated carbocycles. The highest BCUT2D eigenvalue weighted by Gasteiger charge is 2.14. The van der Waals surface area contributed by atoms with Crippen LogP contribution in [0.15, 0.2) is 12.1 Å². The molecule has 0 bridgehead atoms. The van der Waals surface area contributed by atoms with Crippen molar-refractivity contribution in [2.24, 2.45) is 0 Å². The molecule has 0 saturated heterocycles. The SMILES string of the molecule is CCCCCn1c(CCCl)nc2c(F)cc(F)cc21. The highest BCUT2D eigenvalue weighted by Crippen LogP contribution is 2.22. The molecular formula is C14H17ClF2N2. The van der Waals surface area contributed by atoms with E-state index in [1.807, 2.05) is 4.57 Å². The summed E-state index contributed by atoms with van der Waals surface area (Å²) < 4.78 is 29.0. The van der Waals surface area contributed by atoms with Crippen LogP contribution in [0.4, 0.5) is 8.78 Å². The summed E-state index contributed by atoms with van der Waals surface area (Å²) in [5.74, 6) is -0.0361. The van der Waals surface area contributed by atoms with Gasteiger partial charge in [-0.1, -0.05) is 19.8 Å². The van der Waals surface area contributed by atoms with Gasteiger partial charge in [-0.25, -0.2) is 13.8 Å². The number of hydrogen-bond donors (Lipinski definition) is 0.